The van der Waals surface area contributed by atoms with Crippen LogP contribution in [0.3, 0.4) is 0 Å². The van der Waals surface area contributed by atoms with Crippen LogP contribution in [0.25, 0.3) is 10.8 Å². The summed E-state index contributed by atoms with van der Waals surface area (Å²) < 4.78 is 0. The van der Waals surface area contributed by atoms with Crippen molar-refractivity contribution in [2.75, 3.05) is 0 Å². The van der Waals surface area contributed by atoms with Crippen molar-refractivity contribution >= 4 is 10.8 Å². The van der Waals surface area contributed by atoms with Crippen LogP contribution < -0.4 is 0 Å². The second-order valence-corrected chi connectivity index (χ2v) is 7.66. The van der Waals surface area contributed by atoms with Gasteiger partial charge in [-0.15, -0.1) is 0 Å². The average molecular weight is 370 g/mol. The highest BCUT2D eigenvalue weighted by atomic mass is 15.2. The minimum Gasteiger partial charge on any atom is -0.196 e. The van der Waals surface area contributed by atoms with E-state index in [1.807, 2.05) is 25.1 Å². The van der Waals surface area contributed by atoms with Crippen LogP contribution in [0.15, 0.2) is 83.0 Å². The van der Waals surface area contributed by atoms with Gasteiger partial charge in [0.2, 0.25) is 0 Å². The van der Waals surface area contributed by atoms with Gasteiger partial charge >= 0.3 is 0 Å². The van der Waals surface area contributed by atoms with Gasteiger partial charge in [-0.2, -0.15) is 15.5 Å². The summed E-state index contributed by atoms with van der Waals surface area (Å²) in [6.45, 7) is 3.94. The maximum Gasteiger partial charge on any atom is 0.165 e. The number of rotatable bonds is 8. The smallest absolute Gasteiger partial charge is 0.165 e. The Bertz CT molecular complexity index is 972. The van der Waals surface area contributed by atoms with Crippen LogP contribution in [0.2, 0.25) is 0 Å². The molecule has 3 nitrogen and oxygen atoms in total. The van der Waals surface area contributed by atoms with Gasteiger partial charge in [0.15, 0.2) is 5.54 Å². The van der Waals surface area contributed by atoms with E-state index in [1.54, 1.807) is 0 Å². The average Bonchev–Trinajstić information content (AvgIpc) is 2.75. The molecule has 0 fully saturated rings. The second-order valence-electron chi connectivity index (χ2n) is 7.66. The first kappa shape index (κ1) is 19.8. The number of hydrogen-bond acceptors (Lipinski definition) is 3. The predicted octanol–water partition coefficient (Wildman–Crippen LogP) is 6.53. The molecule has 0 aliphatic carbocycles. The first-order chi connectivity index (χ1) is 13.6. The van der Waals surface area contributed by atoms with Crippen LogP contribution in [-0.4, -0.2) is 11.6 Å². The normalized spacial score (nSPS) is 14.6. The summed E-state index contributed by atoms with van der Waals surface area (Å²) in [6, 6.07) is 27.7. The van der Waals surface area contributed by atoms with Crippen LogP contribution in [-0.2, 0) is 12.8 Å². The minimum absolute atomic E-state index is 0.0934. The third kappa shape index (κ3) is 5.50. The number of nitrogens with zero attached hydrogens (tertiary/aromatic N) is 3. The fourth-order valence-electron chi connectivity index (χ4n) is 3.21. The summed E-state index contributed by atoms with van der Waals surface area (Å²) in [7, 11) is 0. The number of fused-ring (bicyclic) bond motifs is 1. The molecule has 0 spiro atoms. The van der Waals surface area contributed by atoms with Gasteiger partial charge in [-0.3, -0.25) is 0 Å². The summed E-state index contributed by atoms with van der Waals surface area (Å²) in [5, 5.41) is 21.0. The third-order valence-corrected chi connectivity index (χ3v) is 5.12. The molecular weight excluding hydrogens is 342 g/mol. The molecule has 142 valence electrons. The Balaban J connectivity index is 1.54. The molecule has 0 N–H and O–H groups in total. The maximum atomic E-state index is 9.58. The fourth-order valence-corrected chi connectivity index (χ4v) is 3.21. The fraction of sp³-hybridized carbons (Fsp3) is 0.320. The summed E-state index contributed by atoms with van der Waals surface area (Å²) in [6.07, 6.45) is 3.38. The molecule has 0 saturated carbocycles. The lowest BCUT2D eigenvalue weighted by atomic mass is 9.96. The molecule has 3 rings (SSSR count). The second kappa shape index (κ2) is 9.28. The number of nitriles is 1. The quantitative estimate of drug-likeness (QED) is 0.416. The van der Waals surface area contributed by atoms with E-state index in [9.17, 15) is 5.26 Å². The first-order valence-corrected chi connectivity index (χ1v) is 9.93. The van der Waals surface area contributed by atoms with Crippen LogP contribution in [0.4, 0.5) is 0 Å². The lowest BCUT2D eigenvalue weighted by Crippen LogP contribution is -2.20. The van der Waals surface area contributed by atoms with Gasteiger partial charge in [-0.25, -0.2) is 0 Å². The molecule has 0 bridgehead atoms. The molecule has 3 heteroatoms. The Hall–Kier alpha value is -2.99. The zero-order valence-electron chi connectivity index (χ0n) is 16.7. The Morgan fingerprint density at radius 2 is 1.61 bits per heavy atom. The van der Waals surface area contributed by atoms with Gasteiger partial charge in [0.1, 0.15) is 0 Å². The van der Waals surface area contributed by atoms with Crippen molar-refractivity contribution in [3.05, 3.63) is 83.9 Å². The molecule has 0 amide bonds. The zero-order chi connectivity index (χ0) is 19.8. The minimum atomic E-state index is -0.771. The van der Waals surface area contributed by atoms with Gasteiger partial charge in [0.25, 0.3) is 0 Å². The van der Waals surface area contributed by atoms with Gasteiger partial charge in [0.05, 0.1) is 12.1 Å². The lowest BCUT2D eigenvalue weighted by molar-refractivity contribution is 0.491. The summed E-state index contributed by atoms with van der Waals surface area (Å²) in [5.41, 5.74) is 1.77. The molecule has 28 heavy (non-hydrogen) atoms. The van der Waals surface area contributed by atoms with Crippen molar-refractivity contribution in [3.63, 3.8) is 0 Å². The van der Waals surface area contributed by atoms with E-state index in [0.717, 1.165) is 19.3 Å². The third-order valence-electron chi connectivity index (χ3n) is 5.12. The molecule has 0 radical (unpaired) electrons. The zero-order valence-corrected chi connectivity index (χ0v) is 16.7. The van der Waals surface area contributed by atoms with Crippen LogP contribution >= 0.6 is 0 Å². The van der Waals surface area contributed by atoms with Gasteiger partial charge in [-0.1, -0.05) is 72.8 Å². The van der Waals surface area contributed by atoms with E-state index in [-0.39, 0.29) is 6.04 Å². The summed E-state index contributed by atoms with van der Waals surface area (Å²) in [4.78, 5) is 0. The van der Waals surface area contributed by atoms with Crippen LogP contribution in [0.1, 0.15) is 37.8 Å². The molecule has 3 aromatic rings. The highest BCUT2D eigenvalue weighted by molar-refractivity contribution is 5.82. The molecular formula is C25H27N3. The van der Waals surface area contributed by atoms with E-state index in [0.29, 0.717) is 6.42 Å². The van der Waals surface area contributed by atoms with Crippen molar-refractivity contribution in [2.45, 2.75) is 51.1 Å². The van der Waals surface area contributed by atoms with E-state index >= 15 is 0 Å². The Labute approximate surface area is 167 Å². The molecule has 0 aromatic heterocycles. The molecule has 0 heterocycles. The molecule has 0 aliphatic heterocycles. The van der Waals surface area contributed by atoms with Crippen molar-refractivity contribution in [2.24, 2.45) is 10.2 Å². The van der Waals surface area contributed by atoms with Crippen molar-refractivity contribution in [3.8, 4) is 6.07 Å². The van der Waals surface area contributed by atoms with Crippen molar-refractivity contribution in [1.29, 1.82) is 5.26 Å². The molecule has 0 saturated heterocycles. The summed E-state index contributed by atoms with van der Waals surface area (Å²) >= 11 is 0. The Kier molecular flexibility index (Phi) is 6.55. The molecule has 3 aromatic carbocycles. The lowest BCUT2D eigenvalue weighted by Gasteiger charge is -2.16. The SMILES string of the molecule is CC(CCc1ccc2ccccc2c1)/N=N/C(C)(C#N)CCc1ccccc1. The highest BCUT2D eigenvalue weighted by Crippen LogP contribution is 2.21. The Morgan fingerprint density at radius 1 is 0.893 bits per heavy atom. The van der Waals surface area contributed by atoms with Crippen molar-refractivity contribution < 1.29 is 0 Å². The van der Waals surface area contributed by atoms with E-state index in [1.165, 1.54) is 21.9 Å². The number of azo groups is 1. The number of benzene rings is 3. The molecule has 2 atom stereocenters. The largest absolute Gasteiger partial charge is 0.196 e. The standard InChI is InChI=1S/C25H27N3/c1-20(12-13-22-14-15-23-10-6-7-11-24(23)18-22)27-28-25(2,19-26)17-16-21-8-4-3-5-9-21/h3-11,14-15,18,20H,12-13,16-17H2,1-2H3/b28-27+. The monoisotopic (exact) mass is 369 g/mol. The topological polar surface area (TPSA) is 48.5 Å². The molecule has 0 aliphatic rings. The number of aryl methyl sites for hydroxylation is 2. The van der Waals surface area contributed by atoms with Crippen molar-refractivity contribution in [1.82, 2.24) is 0 Å². The maximum absolute atomic E-state index is 9.58. The molecule has 2 unspecified atom stereocenters. The highest BCUT2D eigenvalue weighted by Gasteiger charge is 2.23. The van der Waals surface area contributed by atoms with E-state index in [4.69, 9.17) is 0 Å². The van der Waals surface area contributed by atoms with Crippen LogP contribution in [0, 0.1) is 11.3 Å². The van der Waals surface area contributed by atoms with E-state index in [2.05, 4.69) is 77.8 Å². The van der Waals surface area contributed by atoms with Gasteiger partial charge < -0.3 is 0 Å². The summed E-state index contributed by atoms with van der Waals surface area (Å²) in [5.74, 6) is 0. The first-order valence-electron chi connectivity index (χ1n) is 9.93. The van der Waals surface area contributed by atoms with Crippen LogP contribution in [0.5, 0.6) is 0 Å². The van der Waals surface area contributed by atoms with E-state index < -0.39 is 5.54 Å². The predicted molar refractivity (Wildman–Crippen MR) is 115 cm³/mol. The van der Waals surface area contributed by atoms with Gasteiger partial charge in [-0.05, 0) is 61.4 Å². The Morgan fingerprint density at radius 3 is 2.36 bits per heavy atom. The van der Waals surface area contributed by atoms with Gasteiger partial charge in [0, 0.05) is 0 Å². The number of hydrogen-bond donors (Lipinski definition) is 0.